The van der Waals surface area contributed by atoms with Gasteiger partial charge in [0.2, 0.25) is 0 Å². The average Bonchev–Trinajstić information content (AvgIpc) is 2.29. The number of hydrogen-bond acceptors (Lipinski definition) is 2. The van der Waals surface area contributed by atoms with E-state index in [4.69, 9.17) is 4.74 Å². The standard InChI is InChI=1S/C17H29NO/c1-8-9-18-16(17(4,5)6)15-13(3)10-12(2)11-14(15)19-7/h10-11,16,18H,8-9H2,1-7H3. The highest BCUT2D eigenvalue weighted by molar-refractivity contribution is 5.45. The lowest BCUT2D eigenvalue weighted by molar-refractivity contribution is 0.264. The minimum absolute atomic E-state index is 0.155. The lowest BCUT2D eigenvalue weighted by Crippen LogP contribution is -2.33. The summed E-state index contributed by atoms with van der Waals surface area (Å²) >= 11 is 0. The third kappa shape index (κ3) is 3.97. The Hall–Kier alpha value is -1.02. The molecule has 0 amide bonds. The Kier molecular flexibility index (Phi) is 5.42. The quantitative estimate of drug-likeness (QED) is 0.850. The van der Waals surface area contributed by atoms with Crippen LogP contribution in [0.4, 0.5) is 0 Å². The number of ether oxygens (including phenoxy) is 1. The topological polar surface area (TPSA) is 21.3 Å². The van der Waals surface area contributed by atoms with Gasteiger partial charge in [0, 0.05) is 11.6 Å². The molecule has 0 bridgehead atoms. The Labute approximate surface area is 118 Å². The highest BCUT2D eigenvalue weighted by Crippen LogP contribution is 2.39. The smallest absolute Gasteiger partial charge is 0.124 e. The molecule has 1 unspecified atom stereocenters. The molecule has 0 fully saturated rings. The highest BCUT2D eigenvalue weighted by atomic mass is 16.5. The number of methoxy groups -OCH3 is 1. The van der Waals surface area contributed by atoms with E-state index in [2.05, 4.69) is 59.0 Å². The summed E-state index contributed by atoms with van der Waals surface area (Å²) in [7, 11) is 1.76. The molecule has 0 aromatic heterocycles. The Balaban J connectivity index is 3.29. The van der Waals surface area contributed by atoms with Gasteiger partial charge in [-0.25, -0.2) is 0 Å². The maximum Gasteiger partial charge on any atom is 0.124 e. The number of rotatable bonds is 5. The molecule has 19 heavy (non-hydrogen) atoms. The van der Waals surface area contributed by atoms with Crippen LogP contribution in [0.25, 0.3) is 0 Å². The van der Waals surface area contributed by atoms with Gasteiger partial charge in [-0.3, -0.25) is 0 Å². The van der Waals surface area contributed by atoms with Crippen molar-refractivity contribution in [3.63, 3.8) is 0 Å². The van der Waals surface area contributed by atoms with Gasteiger partial charge >= 0.3 is 0 Å². The van der Waals surface area contributed by atoms with Gasteiger partial charge in [0.05, 0.1) is 7.11 Å². The number of hydrogen-bond donors (Lipinski definition) is 1. The lowest BCUT2D eigenvalue weighted by atomic mass is 9.80. The van der Waals surface area contributed by atoms with E-state index < -0.39 is 0 Å². The highest BCUT2D eigenvalue weighted by Gasteiger charge is 2.29. The van der Waals surface area contributed by atoms with E-state index in [-0.39, 0.29) is 5.41 Å². The van der Waals surface area contributed by atoms with Crippen molar-refractivity contribution >= 4 is 0 Å². The summed E-state index contributed by atoms with van der Waals surface area (Å²) in [5.41, 5.74) is 4.01. The van der Waals surface area contributed by atoms with Crippen molar-refractivity contribution in [1.82, 2.24) is 5.32 Å². The van der Waals surface area contributed by atoms with Crippen LogP contribution >= 0.6 is 0 Å². The van der Waals surface area contributed by atoms with E-state index in [0.717, 1.165) is 18.7 Å². The minimum Gasteiger partial charge on any atom is -0.496 e. The van der Waals surface area contributed by atoms with E-state index >= 15 is 0 Å². The molecule has 0 radical (unpaired) electrons. The third-order valence-corrected chi connectivity index (χ3v) is 3.47. The van der Waals surface area contributed by atoms with Gasteiger partial charge in [-0.1, -0.05) is 33.8 Å². The summed E-state index contributed by atoms with van der Waals surface area (Å²) < 4.78 is 5.62. The molecule has 0 aliphatic carbocycles. The molecule has 0 saturated carbocycles. The molecule has 0 aliphatic heterocycles. The first kappa shape index (κ1) is 16.0. The first-order valence-electron chi connectivity index (χ1n) is 7.19. The predicted octanol–water partition coefficient (Wildman–Crippen LogP) is 4.40. The van der Waals surface area contributed by atoms with Crippen LogP contribution in [0.1, 0.15) is 56.8 Å². The number of nitrogens with one attached hydrogen (secondary N) is 1. The molecule has 1 aromatic rings. The van der Waals surface area contributed by atoms with Crippen LogP contribution in [-0.2, 0) is 0 Å². The van der Waals surface area contributed by atoms with Gasteiger partial charge in [-0.2, -0.15) is 0 Å². The van der Waals surface area contributed by atoms with Crippen LogP contribution in [0.3, 0.4) is 0 Å². The van der Waals surface area contributed by atoms with Crippen LogP contribution in [-0.4, -0.2) is 13.7 Å². The second-order valence-electron chi connectivity index (χ2n) is 6.45. The van der Waals surface area contributed by atoms with Crippen LogP contribution in [0, 0.1) is 19.3 Å². The predicted molar refractivity (Wildman–Crippen MR) is 83.0 cm³/mol. The van der Waals surface area contributed by atoms with Gasteiger partial charge in [0.15, 0.2) is 0 Å². The molecule has 2 heteroatoms. The second kappa shape index (κ2) is 6.42. The summed E-state index contributed by atoms with van der Waals surface area (Å²) in [6.07, 6.45) is 1.14. The lowest BCUT2D eigenvalue weighted by Gasteiger charge is -2.34. The molecular formula is C17H29NO. The summed E-state index contributed by atoms with van der Waals surface area (Å²) in [6.45, 7) is 14.4. The Morgan fingerprint density at radius 3 is 2.32 bits per heavy atom. The molecule has 108 valence electrons. The fourth-order valence-corrected chi connectivity index (χ4v) is 2.61. The van der Waals surface area contributed by atoms with Crippen molar-refractivity contribution in [2.75, 3.05) is 13.7 Å². The molecule has 0 saturated heterocycles. The number of aryl methyl sites for hydroxylation is 2. The second-order valence-corrected chi connectivity index (χ2v) is 6.45. The zero-order chi connectivity index (χ0) is 14.6. The van der Waals surface area contributed by atoms with Crippen molar-refractivity contribution in [3.8, 4) is 5.75 Å². The van der Waals surface area contributed by atoms with Gasteiger partial charge in [-0.15, -0.1) is 0 Å². The minimum atomic E-state index is 0.155. The van der Waals surface area contributed by atoms with E-state index in [9.17, 15) is 0 Å². The molecule has 1 atom stereocenters. The van der Waals surface area contributed by atoms with Crippen molar-refractivity contribution in [2.24, 2.45) is 5.41 Å². The molecule has 0 spiro atoms. The summed E-state index contributed by atoms with van der Waals surface area (Å²) in [5.74, 6) is 1.00. The molecular weight excluding hydrogens is 234 g/mol. The molecule has 1 N–H and O–H groups in total. The van der Waals surface area contributed by atoms with Crippen LogP contribution in [0.5, 0.6) is 5.75 Å². The largest absolute Gasteiger partial charge is 0.496 e. The number of benzene rings is 1. The van der Waals surface area contributed by atoms with E-state index in [1.54, 1.807) is 7.11 Å². The van der Waals surface area contributed by atoms with Gasteiger partial charge in [0.25, 0.3) is 0 Å². The summed E-state index contributed by atoms with van der Waals surface area (Å²) in [6, 6.07) is 4.68. The first-order chi connectivity index (χ1) is 8.81. The Morgan fingerprint density at radius 1 is 1.21 bits per heavy atom. The fourth-order valence-electron chi connectivity index (χ4n) is 2.61. The SMILES string of the molecule is CCCNC(c1c(C)cc(C)cc1OC)C(C)(C)C. The zero-order valence-electron chi connectivity index (χ0n) is 13.6. The van der Waals surface area contributed by atoms with Gasteiger partial charge < -0.3 is 10.1 Å². The third-order valence-electron chi connectivity index (χ3n) is 3.47. The first-order valence-corrected chi connectivity index (χ1v) is 7.19. The Morgan fingerprint density at radius 2 is 1.84 bits per heavy atom. The van der Waals surface area contributed by atoms with Crippen molar-refractivity contribution in [3.05, 3.63) is 28.8 Å². The van der Waals surface area contributed by atoms with Gasteiger partial charge in [-0.05, 0) is 49.4 Å². The van der Waals surface area contributed by atoms with Gasteiger partial charge in [0.1, 0.15) is 5.75 Å². The maximum atomic E-state index is 5.62. The Bertz CT molecular complexity index is 418. The normalized spacial score (nSPS) is 13.4. The molecule has 2 nitrogen and oxygen atoms in total. The summed E-state index contributed by atoms with van der Waals surface area (Å²) in [5, 5.41) is 3.68. The fraction of sp³-hybridized carbons (Fsp3) is 0.647. The van der Waals surface area contributed by atoms with E-state index in [1.165, 1.54) is 16.7 Å². The maximum absolute atomic E-state index is 5.62. The monoisotopic (exact) mass is 263 g/mol. The van der Waals surface area contributed by atoms with E-state index in [0.29, 0.717) is 6.04 Å². The van der Waals surface area contributed by atoms with Crippen molar-refractivity contribution in [2.45, 2.75) is 54.0 Å². The van der Waals surface area contributed by atoms with Crippen LogP contribution < -0.4 is 10.1 Å². The summed E-state index contributed by atoms with van der Waals surface area (Å²) in [4.78, 5) is 0. The molecule has 1 rings (SSSR count). The average molecular weight is 263 g/mol. The van der Waals surface area contributed by atoms with Crippen molar-refractivity contribution < 1.29 is 4.74 Å². The zero-order valence-corrected chi connectivity index (χ0v) is 13.6. The van der Waals surface area contributed by atoms with E-state index in [1.807, 2.05) is 0 Å². The molecule has 1 aromatic carbocycles. The van der Waals surface area contributed by atoms with Crippen molar-refractivity contribution in [1.29, 1.82) is 0 Å². The van der Waals surface area contributed by atoms with Crippen LogP contribution in [0.15, 0.2) is 12.1 Å². The van der Waals surface area contributed by atoms with Crippen LogP contribution in [0.2, 0.25) is 0 Å². The molecule has 0 heterocycles. The molecule has 0 aliphatic rings.